The van der Waals surface area contributed by atoms with Crippen LogP contribution in [0.15, 0.2) is 51.2 Å². The summed E-state index contributed by atoms with van der Waals surface area (Å²) in [5.74, 6) is 0.166. The number of pyridine rings is 1. The Morgan fingerprint density at radius 1 is 1.03 bits per heavy atom. The highest BCUT2D eigenvalue weighted by Gasteiger charge is 2.18. The van der Waals surface area contributed by atoms with Gasteiger partial charge in [-0.2, -0.15) is 5.26 Å². The number of nitrogens with one attached hydrogen (secondary N) is 3. The van der Waals surface area contributed by atoms with Gasteiger partial charge in [-0.3, -0.25) is 4.79 Å². The van der Waals surface area contributed by atoms with Crippen molar-refractivity contribution in [2.75, 3.05) is 5.32 Å². The molecule has 1 aromatic carbocycles. The number of hydrogen-bond acceptors (Lipinski definition) is 5. The average molecular weight is 497 g/mol. The fourth-order valence-electron chi connectivity index (χ4n) is 4.60. The van der Waals surface area contributed by atoms with Gasteiger partial charge in [0.2, 0.25) is 0 Å². The van der Waals surface area contributed by atoms with Crippen LogP contribution in [0.1, 0.15) is 76.7 Å². The van der Waals surface area contributed by atoms with Crippen LogP contribution in [0, 0.1) is 11.3 Å². The highest BCUT2D eigenvalue weighted by Crippen LogP contribution is 2.24. The van der Waals surface area contributed by atoms with E-state index in [9.17, 15) is 9.00 Å². The molecular weight excluding hydrogens is 460 g/mol. The van der Waals surface area contributed by atoms with Crippen LogP contribution in [-0.2, 0) is 11.0 Å². The molecule has 2 fully saturated rings. The molecule has 1 atom stereocenters. The molecule has 4 rings (SSSR count). The largest absolute Gasteiger partial charge is 0.383 e. The molecule has 5 N–H and O–H groups in total. The van der Waals surface area contributed by atoms with E-state index in [-0.39, 0.29) is 11.4 Å². The molecule has 188 valence electrons. The summed E-state index contributed by atoms with van der Waals surface area (Å²) < 4.78 is 15.9. The number of anilines is 1. The second-order valence-electron chi connectivity index (χ2n) is 9.01. The summed E-state index contributed by atoms with van der Waals surface area (Å²) in [6.45, 7) is 1.43. The highest BCUT2D eigenvalue weighted by atomic mass is 32.2. The van der Waals surface area contributed by atoms with Gasteiger partial charge in [-0.25, -0.2) is 13.9 Å². The third-order valence-corrected chi connectivity index (χ3v) is 7.61. The monoisotopic (exact) mass is 496 g/mol. The molecule has 0 spiro atoms. The molecule has 2 saturated carbocycles. The number of nitriles is 1. The number of benzene rings is 1. The summed E-state index contributed by atoms with van der Waals surface area (Å²) in [6, 6.07) is 11.4. The maximum absolute atomic E-state index is 12.6. The van der Waals surface area contributed by atoms with Crippen LogP contribution in [0.25, 0.3) is 0 Å². The van der Waals surface area contributed by atoms with E-state index in [0.717, 1.165) is 31.4 Å². The van der Waals surface area contributed by atoms with Gasteiger partial charge in [0.05, 0.1) is 22.3 Å². The Morgan fingerprint density at radius 2 is 1.60 bits per heavy atom. The molecule has 9 heteroatoms. The van der Waals surface area contributed by atoms with Crippen LogP contribution in [0.4, 0.5) is 11.4 Å². The molecular formula is C26H36N6O2S. The zero-order valence-electron chi connectivity index (χ0n) is 20.4. The minimum Gasteiger partial charge on any atom is -0.383 e. The molecule has 35 heavy (non-hydrogen) atoms. The SMILES string of the molecule is CC#N.NC(=Nc1ccc(S(=O)NC2CCCCC2)cc1)c1c(NC2CCCCC2)cc[nH]c1=O. The molecule has 1 aromatic heterocycles. The van der Waals surface area contributed by atoms with Crippen molar-refractivity contribution in [3.05, 3.63) is 52.4 Å². The van der Waals surface area contributed by atoms with E-state index >= 15 is 0 Å². The van der Waals surface area contributed by atoms with Gasteiger partial charge in [-0.05, 0) is 56.0 Å². The summed E-state index contributed by atoms with van der Waals surface area (Å²) in [7, 11) is -1.24. The molecule has 8 nitrogen and oxygen atoms in total. The number of aromatic amines is 1. The Bertz CT molecular complexity index is 1090. The molecule has 0 radical (unpaired) electrons. The van der Waals surface area contributed by atoms with Gasteiger partial charge in [-0.15, -0.1) is 0 Å². The first-order valence-corrected chi connectivity index (χ1v) is 13.6. The lowest BCUT2D eigenvalue weighted by Gasteiger charge is -2.24. The number of hydrogen-bond donors (Lipinski definition) is 4. The standard InChI is InChI=1S/C24H33N5O2S.C2H3N/c25-23(22-21(15-16-26-24(22)30)27-17-7-3-1-4-8-17)28-18-11-13-20(14-12-18)32(31)29-19-9-5-2-6-10-19;1-2-3/h11-17,19,29H,1-10H2,(H2,25,28)(H2,26,27,30);1H3. The van der Waals surface area contributed by atoms with E-state index < -0.39 is 11.0 Å². The van der Waals surface area contributed by atoms with Crippen LogP contribution in [0.2, 0.25) is 0 Å². The quantitative estimate of drug-likeness (QED) is 0.327. The van der Waals surface area contributed by atoms with Gasteiger partial charge in [0.25, 0.3) is 5.56 Å². The summed E-state index contributed by atoms with van der Waals surface area (Å²) in [5, 5.41) is 10.8. The maximum atomic E-state index is 12.6. The summed E-state index contributed by atoms with van der Waals surface area (Å²) >= 11 is 0. The second kappa shape index (κ2) is 13.8. The Labute approximate surface area is 210 Å². The smallest absolute Gasteiger partial charge is 0.261 e. The Hall–Kier alpha value is -2.96. The average Bonchev–Trinajstić information content (AvgIpc) is 2.86. The van der Waals surface area contributed by atoms with Gasteiger partial charge in [0.1, 0.15) is 22.4 Å². The van der Waals surface area contributed by atoms with E-state index in [1.54, 1.807) is 36.5 Å². The van der Waals surface area contributed by atoms with E-state index in [1.807, 2.05) is 6.07 Å². The molecule has 0 aliphatic heterocycles. The van der Waals surface area contributed by atoms with Gasteiger partial charge in [0, 0.05) is 25.2 Å². The lowest BCUT2D eigenvalue weighted by Crippen LogP contribution is -2.32. The first-order chi connectivity index (χ1) is 17.0. The first kappa shape index (κ1) is 26.6. The van der Waals surface area contributed by atoms with Gasteiger partial charge in [-0.1, -0.05) is 38.5 Å². The number of rotatable bonds is 7. The van der Waals surface area contributed by atoms with Gasteiger partial charge in [0.15, 0.2) is 0 Å². The van der Waals surface area contributed by atoms with Crippen molar-refractivity contribution in [1.29, 1.82) is 5.26 Å². The third kappa shape index (κ3) is 8.05. The molecule has 0 bridgehead atoms. The number of H-pyrrole nitrogens is 1. The summed E-state index contributed by atoms with van der Waals surface area (Å²) in [4.78, 5) is 20.4. The number of amidine groups is 1. The van der Waals surface area contributed by atoms with Gasteiger partial charge >= 0.3 is 0 Å². The van der Waals surface area contributed by atoms with Crippen LogP contribution in [-0.4, -0.2) is 27.1 Å². The molecule has 1 unspecified atom stereocenters. The molecule has 2 aliphatic rings. The van der Waals surface area contributed by atoms with E-state index in [0.29, 0.717) is 28.2 Å². The van der Waals surface area contributed by atoms with Crippen LogP contribution in [0.3, 0.4) is 0 Å². The third-order valence-electron chi connectivity index (χ3n) is 6.36. The van der Waals surface area contributed by atoms with Crippen molar-refractivity contribution < 1.29 is 4.21 Å². The van der Waals surface area contributed by atoms with Crippen LogP contribution in [0.5, 0.6) is 0 Å². The molecule has 2 aliphatic carbocycles. The predicted molar refractivity (Wildman–Crippen MR) is 142 cm³/mol. The van der Waals surface area contributed by atoms with E-state index in [1.165, 1.54) is 45.4 Å². The number of nitrogens with zero attached hydrogens (tertiary/aromatic N) is 2. The number of aliphatic imine (C=N–C) groups is 1. The zero-order valence-corrected chi connectivity index (χ0v) is 21.2. The van der Waals surface area contributed by atoms with Crippen LogP contribution >= 0.6 is 0 Å². The second-order valence-corrected chi connectivity index (χ2v) is 10.3. The lowest BCUT2D eigenvalue weighted by molar-refractivity contribution is 0.419. The van der Waals surface area contributed by atoms with Crippen LogP contribution < -0.4 is 21.3 Å². The Balaban J connectivity index is 0.00000108. The minimum absolute atomic E-state index is 0.166. The summed E-state index contributed by atoms with van der Waals surface area (Å²) in [5.41, 5.74) is 7.71. The fraction of sp³-hybridized carbons (Fsp3) is 0.500. The van der Waals surface area contributed by atoms with Crippen molar-refractivity contribution in [1.82, 2.24) is 9.71 Å². The van der Waals surface area contributed by atoms with Crippen molar-refractivity contribution in [3.63, 3.8) is 0 Å². The Morgan fingerprint density at radius 3 is 2.20 bits per heavy atom. The number of aromatic nitrogens is 1. The zero-order chi connectivity index (χ0) is 25.0. The van der Waals surface area contributed by atoms with E-state index in [4.69, 9.17) is 11.0 Å². The normalized spacial score (nSPS) is 18.1. The maximum Gasteiger partial charge on any atom is 0.261 e. The fourth-order valence-corrected chi connectivity index (χ4v) is 5.66. The molecule has 2 aromatic rings. The Kier molecular flexibility index (Phi) is 10.5. The topological polar surface area (TPSA) is 136 Å². The summed E-state index contributed by atoms with van der Waals surface area (Å²) in [6.07, 6.45) is 13.3. The first-order valence-electron chi connectivity index (χ1n) is 12.4. The van der Waals surface area contributed by atoms with Crippen molar-refractivity contribution in [2.24, 2.45) is 10.7 Å². The lowest BCUT2D eigenvalue weighted by atomic mass is 9.95. The van der Waals surface area contributed by atoms with E-state index in [2.05, 4.69) is 20.0 Å². The molecule has 0 amide bonds. The predicted octanol–water partition coefficient (Wildman–Crippen LogP) is 4.63. The van der Waals surface area contributed by atoms with Crippen molar-refractivity contribution >= 4 is 28.2 Å². The van der Waals surface area contributed by atoms with Crippen molar-refractivity contribution in [2.45, 2.75) is 88.1 Å². The molecule has 1 heterocycles. The highest BCUT2D eigenvalue weighted by molar-refractivity contribution is 7.83. The van der Waals surface area contributed by atoms with Gasteiger partial charge < -0.3 is 16.0 Å². The number of nitrogens with two attached hydrogens (primary N) is 1. The minimum atomic E-state index is -1.24. The van der Waals surface area contributed by atoms with Crippen molar-refractivity contribution in [3.8, 4) is 6.07 Å². The molecule has 0 saturated heterocycles.